The molecule has 0 spiro atoms. The Labute approximate surface area is 195 Å². The zero-order valence-electron chi connectivity index (χ0n) is 18.5. The van der Waals surface area contributed by atoms with Gasteiger partial charge in [0.05, 0.1) is 12.3 Å². The molecule has 1 fully saturated rings. The minimum absolute atomic E-state index is 0.0946. The summed E-state index contributed by atoms with van der Waals surface area (Å²) in [5, 5.41) is 14.4. The summed E-state index contributed by atoms with van der Waals surface area (Å²) in [5.41, 5.74) is 2.25. The van der Waals surface area contributed by atoms with E-state index in [1.54, 1.807) is 23.2 Å². The zero-order valence-corrected chi connectivity index (χ0v) is 18.5. The Bertz CT molecular complexity index is 1370. The molecule has 34 heavy (non-hydrogen) atoms. The number of carbonyl (C=O) groups excluding carboxylic acids is 1. The van der Waals surface area contributed by atoms with Gasteiger partial charge in [0.2, 0.25) is 5.91 Å². The molecule has 4 aromatic rings. The topological polar surface area (TPSA) is 83.1 Å². The number of hydrogen-bond donors (Lipinski definition) is 1. The van der Waals surface area contributed by atoms with Gasteiger partial charge < -0.3 is 19.5 Å². The number of piperazine rings is 1. The molecule has 9 heteroatoms. The SMILES string of the molecule is O=C(Cn1ccn2nc(-c3ccc(F)cc3)c(CO)c2c1=O)N1CCN(c2ccccc2)CC1. The molecule has 0 bridgehead atoms. The number of aliphatic hydroxyl groups is 1. The molecule has 1 aliphatic rings. The fourth-order valence-corrected chi connectivity index (χ4v) is 4.36. The van der Waals surface area contributed by atoms with Crippen LogP contribution in [0.25, 0.3) is 16.8 Å². The number of nitrogens with zero attached hydrogens (tertiary/aromatic N) is 5. The number of benzene rings is 2. The second-order valence-electron chi connectivity index (χ2n) is 8.22. The van der Waals surface area contributed by atoms with Gasteiger partial charge in [-0.2, -0.15) is 5.10 Å². The average Bonchev–Trinajstić information content (AvgIpc) is 3.26. The lowest BCUT2D eigenvalue weighted by atomic mass is 10.1. The molecule has 1 aliphatic heterocycles. The summed E-state index contributed by atoms with van der Waals surface area (Å²) >= 11 is 0. The van der Waals surface area contributed by atoms with E-state index in [9.17, 15) is 19.1 Å². The Hall–Kier alpha value is -3.98. The van der Waals surface area contributed by atoms with Crippen LogP contribution in [0.4, 0.5) is 10.1 Å². The number of hydrogen-bond acceptors (Lipinski definition) is 5. The van der Waals surface area contributed by atoms with E-state index in [1.165, 1.54) is 27.4 Å². The summed E-state index contributed by atoms with van der Waals surface area (Å²) in [7, 11) is 0. The molecule has 174 valence electrons. The lowest BCUT2D eigenvalue weighted by Crippen LogP contribution is -2.50. The summed E-state index contributed by atoms with van der Waals surface area (Å²) in [4.78, 5) is 30.2. The van der Waals surface area contributed by atoms with Crippen molar-refractivity contribution >= 4 is 17.1 Å². The average molecular weight is 461 g/mol. The number of amides is 1. The van der Waals surface area contributed by atoms with Gasteiger partial charge in [0, 0.05) is 55.4 Å². The van der Waals surface area contributed by atoms with Crippen LogP contribution in [-0.4, -0.2) is 56.3 Å². The number of halogens is 1. The van der Waals surface area contributed by atoms with Crippen LogP contribution in [-0.2, 0) is 17.9 Å². The molecular formula is C25H24FN5O3. The molecule has 1 N–H and O–H groups in total. The first-order chi connectivity index (χ1) is 16.5. The Morgan fingerprint density at radius 1 is 0.971 bits per heavy atom. The maximum atomic E-state index is 13.3. The van der Waals surface area contributed by atoms with Gasteiger partial charge in [-0.25, -0.2) is 8.91 Å². The first-order valence-corrected chi connectivity index (χ1v) is 11.1. The lowest BCUT2D eigenvalue weighted by Gasteiger charge is -2.36. The van der Waals surface area contributed by atoms with Crippen molar-refractivity contribution in [3.63, 3.8) is 0 Å². The highest BCUT2D eigenvalue weighted by Crippen LogP contribution is 2.25. The van der Waals surface area contributed by atoms with E-state index in [4.69, 9.17) is 0 Å². The first kappa shape index (κ1) is 21.8. The van der Waals surface area contributed by atoms with Crippen molar-refractivity contribution < 1.29 is 14.3 Å². The molecule has 8 nitrogen and oxygen atoms in total. The van der Waals surface area contributed by atoms with Crippen molar-refractivity contribution in [3.05, 3.63) is 88.7 Å². The maximum Gasteiger partial charge on any atom is 0.277 e. The van der Waals surface area contributed by atoms with Gasteiger partial charge in [-0.3, -0.25) is 9.59 Å². The maximum absolute atomic E-state index is 13.3. The Balaban J connectivity index is 1.36. The summed E-state index contributed by atoms with van der Waals surface area (Å²) in [5.74, 6) is -0.522. The van der Waals surface area contributed by atoms with Gasteiger partial charge in [0.1, 0.15) is 17.9 Å². The fourth-order valence-electron chi connectivity index (χ4n) is 4.36. The van der Waals surface area contributed by atoms with Crippen LogP contribution in [0.5, 0.6) is 0 Å². The largest absolute Gasteiger partial charge is 0.392 e. The number of para-hydroxylation sites is 1. The summed E-state index contributed by atoms with van der Waals surface area (Å²) < 4.78 is 16.1. The minimum Gasteiger partial charge on any atom is -0.392 e. The molecule has 0 unspecified atom stereocenters. The second-order valence-corrected chi connectivity index (χ2v) is 8.22. The van der Waals surface area contributed by atoms with E-state index in [2.05, 4.69) is 22.1 Å². The Kier molecular flexibility index (Phi) is 5.85. The monoisotopic (exact) mass is 461 g/mol. The summed E-state index contributed by atoms with van der Waals surface area (Å²) in [6.45, 7) is 2.10. The van der Waals surface area contributed by atoms with Gasteiger partial charge in [-0.05, 0) is 36.4 Å². The third-order valence-electron chi connectivity index (χ3n) is 6.19. The molecule has 0 radical (unpaired) electrons. The van der Waals surface area contributed by atoms with Gasteiger partial charge >= 0.3 is 0 Å². The predicted molar refractivity (Wildman–Crippen MR) is 126 cm³/mol. The van der Waals surface area contributed by atoms with Crippen LogP contribution in [0.2, 0.25) is 0 Å². The molecule has 0 aliphatic carbocycles. The van der Waals surface area contributed by atoms with E-state index in [1.807, 2.05) is 18.2 Å². The van der Waals surface area contributed by atoms with Gasteiger partial charge in [-0.15, -0.1) is 0 Å². The third kappa shape index (κ3) is 4.06. The molecule has 0 saturated carbocycles. The van der Waals surface area contributed by atoms with Gasteiger partial charge in [0.15, 0.2) is 0 Å². The van der Waals surface area contributed by atoms with E-state index >= 15 is 0 Å². The highest BCUT2D eigenvalue weighted by molar-refractivity contribution is 5.77. The summed E-state index contributed by atoms with van der Waals surface area (Å²) in [6, 6.07) is 15.8. The van der Waals surface area contributed by atoms with Crippen molar-refractivity contribution in [2.45, 2.75) is 13.2 Å². The molecule has 1 saturated heterocycles. The van der Waals surface area contributed by atoms with E-state index in [0.29, 0.717) is 29.9 Å². The van der Waals surface area contributed by atoms with Crippen molar-refractivity contribution in [2.24, 2.45) is 0 Å². The molecule has 3 heterocycles. The zero-order chi connectivity index (χ0) is 23.7. The lowest BCUT2D eigenvalue weighted by molar-refractivity contribution is -0.132. The third-order valence-corrected chi connectivity index (χ3v) is 6.19. The van der Waals surface area contributed by atoms with Gasteiger partial charge in [0.25, 0.3) is 5.56 Å². The number of fused-ring (bicyclic) bond motifs is 1. The van der Waals surface area contributed by atoms with Crippen molar-refractivity contribution in [3.8, 4) is 11.3 Å². The van der Waals surface area contributed by atoms with Crippen molar-refractivity contribution in [1.82, 2.24) is 19.1 Å². The second kappa shape index (κ2) is 9.11. The Morgan fingerprint density at radius 2 is 1.68 bits per heavy atom. The van der Waals surface area contributed by atoms with E-state index in [-0.39, 0.29) is 23.8 Å². The smallest absolute Gasteiger partial charge is 0.277 e. The number of anilines is 1. The Morgan fingerprint density at radius 3 is 2.35 bits per heavy atom. The van der Waals surface area contributed by atoms with Crippen LogP contribution in [0.15, 0.2) is 71.8 Å². The summed E-state index contributed by atoms with van der Waals surface area (Å²) in [6.07, 6.45) is 3.11. The highest BCUT2D eigenvalue weighted by Gasteiger charge is 2.23. The minimum atomic E-state index is -0.413. The molecule has 0 atom stereocenters. The number of aliphatic hydroxyl groups excluding tert-OH is 1. The number of rotatable bonds is 5. The van der Waals surface area contributed by atoms with Crippen LogP contribution >= 0.6 is 0 Å². The molecule has 1 amide bonds. The molecule has 2 aromatic carbocycles. The molecule has 5 rings (SSSR count). The fraction of sp³-hybridized carbons (Fsp3) is 0.240. The standard InChI is InChI=1S/C25H24FN5O3/c26-19-8-6-18(7-9-19)23-21(17-32)24-25(34)30(14-15-31(24)27-23)16-22(33)29-12-10-28(11-13-29)20-4-2-1-3-5-20/h1-9,14-15,32H,10-13,16-17H2. The van der Waals surface area contributed by atoms with E-state index in [0.717, 1.165) is 18.8 Å². The van der Waals surface area contributed by atoms with Crippen LogP contribution in [0, 0.1) is 5.82 Å². The van der Waals surface area contributed by atoms with Crippen molar-refractivity contribution in [1.29, 1.82) is 0 Å². The quantitative estimate of drug-likeness (QED) is 0.493. The normalized spacial score (nSPS) is 14.1. The highest BCUT2D eigenvalue weighted by atomic mass is 19.1. The van der Waals surface area contributed by atoms with Crippen LogP contribution < -0.4 is 10.5 Å². The van der Waals surface area contributed by atoms with Crippen LogP contribution in [0.3, 0.4) is 0 Å². The molecular weight excluding hydrogens is 437 g/mol. The first-order valence-electron chi connectivity index (χ1n) is 11.1. The van der Waals surface area contributed by atoms with Crippen LogP contribution in [0.1, 0.15) is 5.56 Å². The molecule has 2 aromatic heterocycles. The number of carbonyl (C=O) groups is 1. The van der Waals surface area contributed by atoms with Gasteiger partial charge in [-0.1, -0.05) is 18.2 Å². The predicted octanol–water partition coefficient (Wildman–Crippen LogP) is 2.14. The van der Waals surface area contributed by atoms with Crippen molar-refractivity contribution in [2.75, 3.05) is 31.1 Å². The number of aromatic nitrogens is 3. The van der Waals surface area contributed by atoms with E-state index < -0.39 is 12.2 Å².